The van der Waals surface area contributed by atoms with Crippen LogP contribution in [0.15, 0.2) is 24.3 Å². The first kappa shape index (κ1) is 12.8. The number of benzene rings is 1. The number of urea groups is 1. The van der Waals surface area contributed by atoms with E-state index in [-0.39, 0.29) is 6.54 Å². The number of primary amides is 1. The van der Waals surface area contributed by atoms with Gasteiger partial charge in [0.25, 0.3) is 0 Å². The molecule has 0 bridgehead atoms. The summed E-state index contributed by atoms with van der Waals surface area (Å²) in [5, 5.41) is 4.85. The first-order valence-electron chi connectivity index (χ1n) is 5.09. The molecule has 17 heavy (non-hydrogen) atoms. The summed E-state index contributed by atoms with van der Waals surface area (Å²) < 4.78 is 0. The zero-order chi connectivity index (χ0) is 12.8. The van der Waals surface area contributed by atoms with Crippen LogP contribution in [-0.2, 0) is 4.79 Å². The second kappa shape index (κ2) is 5.74. The molecular formula is C11H16N4O2. The summed E-state index contributed by atoms with van der Waals surface area (Å²) in [5.41, 5.74) is 6.68. The Balaban J connectivity index is 2.47. The number of nitrogens with zero attached hydrogens (tertiary/aromatic N) is 1. The minimum absolute atomic E-state index is 0.00422. The molecule has 0 unspecified atom stereocenters. The number of nitrogens with two attached hydrogens (primary N) is 1. The Kier molecular flexibility index (Phi) is 4.33. The molecule has 1 rings (SSSR count). The van der Waals surface area contributed by atoms with Gasteiger partial charge in [0, 0.05) is 25.5 Å². The Bertz CT molecular complexity index is 400. The van der Waals surface area contributed by atoms with Crippen LogP contribution in [0, 0.1) is 0 Å². The number of hydrogen-bond acceptors (Lipinski definition) is 4. The van der Waals surface area contributed by atoms with Gasteiger partial charge in [0.2, 0.25) is 5.91 Å². The van der Waals surface area contributed by atoms with Crippen LogP contribution < -0.4 is 21.3 Å². The van der Waals surface area contributed by atoms with E-state index in [1.807, 2.05) is 48.6 Å². The fourth-order valence-electron chi connectivity index (χ4n) is 1.24. The maximum absolute atomic E-state index is 11.1. The van der Waals surface area contributed by atoms with E-state index in [2.05, 4.69) is 5.32 Å². The van der Waals surface area contributed by atoms with Crippen LogP contribution in [0.5, 0.6) is 0 Å². The average Bonchev–Trinajstić information content (AvgIpc) is 2.26. The third kappa shape index (κ3) is 4.42. The molecule has 0 fully saturated rings. The Morgan fingerprint density at radius 2 is 1.82 bits per heavy atom. The van der Waals surface area contributed by atoms with E-state index in [1.165, 1.54) is 0 Å². The van der Waals surface area contributed by atoms with Crippen molar-refractivity contribution < 1.29 is 9.59 Å². The normalized spacial score (nSPS) is 9.53. The van der Waals surface area contributed by atoms with Crippen molar-refractivity contribution in [3.05, 3.63) is 24.3 Å². The Hall–Kier alpha value is -2.24. The number of hydrogen-bond donors (Lipinski definition) is 3. The van der Waals surface area contributed by atoms with Gasteiger partial charge in [-0.3, -0.25) is 10.1 Å². The summed E-state index contributed by atoms with van der Waals surface area (Å²) in [6, 6.07) is 6.71. The molecule has 4 N–H and O–H groups in total. The first-order chi connectivity index (χ1) is 7.99. The Morgan fingerprint density at radius 3 is 2.29 bits per heavy atom. The molecule has 6 heteroatoms. The zero-order valence-electron chi connectivity index (χ0n) is 9.86. The molecule has 0 atom stereocenters. The van der Waals surface area contributed by atoms with E-state index in [0.717, 1.165) is 11.4 Å². The van der Waals surface area contributed by atoms with Gasteiger partial charge in [0.15, 0.2) is 0 Å². The van der Waals surface area contributed by atoms with Gasteiger partial charge in [-0.05, 0) is 24.3 Å². The van der Waals surface area contributed by atoms with Crippen LogP contribution in [0.3, 0.4) is 0 Å². The van der Waals surface area contributed by atoms with Gasteiger partial charge in [0.1, 0.15) is 0 Å². The largest absolute Gasteiger partial charge is 0.378 e. The van der Waals surface area contributed by atoms with E-state index in [0.29, 0.717) is 0 Å². The number of anilines is 2. The minimum atomic E-state index is -0.847. The number of carbonyl (C=O) groups is 2. The van der Waals surface area contributed by atoms with Crippen molar-refractivity contribution in [2.45, 2.75) is 0 Å². The summed E-state index contributed by atoms with van der Waals surface area (Å²) in [5.74, 6) is -0.464. The van der Waals surface area contributed by atoms with Crippen LogP contribution >= 0.6 is 0 Å². The lowest BCUT2D eigenvalue weighted by Crippen LogP contribution is -2.38. The minimum Gasteiger partial charge on any atom is -0.378 e. The van der Waals surface area contributed by atoms with Gasteiger partial charge in [-0.25, -0.2) is 4.79 Å². The Morgan fingerprint density at radius 1 is 1.24 bits per heavy atom. The molecule has 0 radical (unpaired) electrons. The Labute approximate surface area is 99.8 Å². The highest BCUT2D eigenvalue weighted by Gasteiger charge is 2.03. The fourth-order valence-corrected chi connectivity index (χ4v) is 1.24. The molecule has 0 aromatic heterocycles. The van der Waals surface area contributed by atoms with E-state index >= 15 is 0 Å². The van der Waals surface area contributed by atoms with Crippen molar-refractivity contribution >= 4 is 23.3 Å². The average molecular weight is 236 g/mol. The van der Waals surface area contributed by atoms with Gasteiger partial charge in [-0.15, -0.1) is 0 Å². The predicted octanol–water partition coefficient (Wildman–Crippen LogP) is 0.359. The van der Waals surface area contributed by atoms with Crippen LogP contribution in [0.2, 0.25) is 0 Å². The first-order valence-corrected chi connectivity index (χ1v) is 5.09. The van der Waals surface area contributed by atoms with Crippen LogP contribution in [0.25, 0.3) is 0 Å². The van der Waals surface area contributed by atoms with Crippen molar-refractivity contribution in [3.63, 3.8) is 0 Å². The van der Waals surface area contributed by atoms with E-state index in [4.69, 9.17) is 5.73 Å². The number of carbonyl (C=O) groups excluding carboxylic acids is 2. The molecule has 0 aliphatic rings. The highest BCUT2D eigenvalue weighted by Crippen LogP contribution is 2.15. The summed E-state index contributed by atoms with van der Waals surface area (Å²) in [7, 11) is 3.89. The van der Waals surface area contributed by atoms with E-state index in [1.54, 1.807) is 0 Å². The monoisotopic (exact) mass is 236 g/mol. The quantitative estimate of drug-likeness (QED) is 0.704. The molecule has 92 valence electrons. The van der Waals surface area contributed by atoms with Crippen molar-refractivity contribution in [1.29, 1.82) is 0 Å². The summed E-state index contributed by atoms with van der Waals surface area (Å²) >= 11 is 0. The van der Waals surface area contributed by atoms with Crippen LogP contribution in [0.1, 0.15) is 0 Å². The maximum Gasteiger partial charge on any atom is 0.318 e. The molecule has 6 nitrogen and oxygen atoms in total. The molecule has 0 spiro atoms. The predicted molar refractivity (Wildman–Crippen MR) is 67.0 cm³/mol. The third-order valence-electron chi connectivity index (χ3n) is 2.10. The molecule has 0 aliphatic heterocycles. The number of nitrogens with one attached hydrogen (secondary N) is 2. The van der Waals surface area contributed by atoms with Crippen molar-refractivity contribution in [2.24, 2.45) is 5.73 Å². The standard InChI is InChI=1S/C11H16N4O2/c1-15(2)9-5-3-8(4-6-9)13-7-10(16)14-11(12)17/h3-6,13H,7H2,1-2H3,(H3,12,14,16,17). The van der Waals surface area contributed by atoms with Crippen molar-refractivity contribution in [2.75, 3.05) is 30.9 Å². The van der Waals surface area contributed by atoms with E-state index < -0.39 is 11.9 Å². The second-order valence-electron chi connectivity index (χ2n) is 3.71. The molecule has 0 saturated heterocycles. The van der Waals surface area contributed by atoms with Crippen LogP contribution in [0.4, 0.5) is 16.2 Å². The topological polar surface area (TPSA) is 87.5 Å². The highest BCUT2D eigenvalue weighted by atomic mass is 16.2. The smallest absolute Gasteiger partial charge is 0.318 e. The lowest BCUT2D eigenvalue weighted by molar-refractivity contribution is -0.118. The van der Waals surface area contributed by atoms with Crippen molar-refractivity contribution in [1.82, 2.24) is 5.32 Å². The van der Waals surface area contributed by atoms with Gasteiger partial charge in [-0.1, -0.05) is 0 Å². The molecular weight excluding hydrogens is 220 g/mol. The lowest BCUT2D eigenvalue weighted by atomic mass is 10.2. The lowest BCUT2D eigenvalue weighted by Gasteiger charge is -2.13. The summed E-state index contributed by atoms with van der Waals surface area (Å²) in [6.45, 7) is 0.00422. The second-order valence-corrected chi connectivity index (χ2v) is 3.71. The van der Waals surface area contributed by atoms with Crippen molar-refractivity contribution in [3.8, 4) is 0 Å². The molecule has 1 aromatic rings. The third-order valence-corrected chi connectivity index (χ3v) is 2.10. The number of amides is 3. The van der Waals surface area contributed by atoms with E-state index in [9.17, 15) is 9.59 Å². The van der Waals surface area contributed by atoms with Gasteiger partial charge >= 0.3 is 6.03 Å². The molecule has 0 heterocycles. The van der Waals surface area contributed by atoms with Gasteiger partial charge in [-0.2, -0.15) is 0 Å². The number of rotatable bonds is 4. The zero-order valence-corrected chi connectivity index (χ0v) is 9.86. The van der Waals surface area contributed by atoms with Crippen LogP contribution in [-0.4, -0.2) is 32.6 Å². The summed E-state index contributed by atoms with van der Waals surface area (Å²) in [4.78, 5) is 23.5. The molecule has 0 aliphatic carbocycles. The summed E-state index contributed by atoms with van der Waals surface area (Å²) in [6.07, 6.45) is 0. The maximum atomic E-state index is 11.1. The van der Waals surface area contributed by atoms with Gasteiger partial charge in [0.05, 0.1) is 6.54 Å². The molecule has 0 saturated carbocycles. The molecule has 1 aromatic carbocycles. The highest BCUT2D eigenvalue weighted by molar-refractivity contribution is 5.95. The fraction of sp³-hybridized carbons (Fsp3) is 0.273. The van der Waals surface area contributed by atoms with Gasteiger partial charge < -0.3 is 16.0 Å². The molecule has 3 amide bonds. The SMILES string of the molecule is CN(C)c1ccc(NCC(=O)NC(N)=O)cc1. The number of imide groups is 1.